The number of aryl methyl sites for hydroxylation is 2. The summed E-state index contributed by atoms with van der Waals surface area (Å²) in [7, 11) is 0. The first-order valence-corrected chi connectivity index (χ1v) is 6.53. The number of benzene rings is 1. The summed E-state index contributed by atoms with van der Waals surface area (Å²) >= 11 is 2.22. The molecular weight excluding hydrogens is 327 g/mol. The van der Waals surface area contributed by atoms with E-state index in [1.807, 2.05) is 42.9 Å². The van der Waals surface area contributed by atoms with Crippen molar-refractivity contribution >= 4 is 28.9 Å². The Morgan fingerprint density at radius 2 is 2.24 bits per heavy atom. The van der Waals surface area contributed by atoms with Crippen molar-refractivity contribution in [1.82, 2.24) is 9.78 Å². The van der Waals surface area contributed by atoms with Crippen molar-refractivity contribution in [2.75, 3.05) is 0 Å². The molecule has 0 N–H and O–H groups in total. The van der Waals surface area contributed by atoms with Gasteiger partial charge in [-0.05, 0) is 59.7 Å². The fourth-order valence-corrected chi connectivity index (χ4v) is 2.10. The van der Waals surface area contributed by atoms with Gasteiger partial charge in [0.05, 0.1) is 5.69 Å². The summed E-state index contributed by atoms with van der Waals surface area (Å²) in [6, 6.07) is 5.79. The van der Waals surface area contributed by atoms with E-state index in [0.717, 1.165) is 38.8 Å². The summed E-state index contributed by atoms with van der Waals surface area (Å²) in [5.41, 5.74) is 3.97. The average molecular weight is 340 g/mol. The highest BCUT2D eigenvalue weighted by Crippen LogP contribution is 2.17. The smallest absolute Gasteiger partial charge is 0.150 e. The molecule has 0 atom stereocenters. The number of halogens is 1. The normalized spacial score (nSPS) is 10.5. The minimum absolute atomic E-state index is 0.759. The first-order valence-electron chi connectivity index (χ1n) is 5.46. The maximum absolute atomic E-state index is 10.9. The highest BCUT2D eigenvalue weighted by atomic mass is 127. The molecule has 0 aliphatic heterocycles. The van der Waals surface area contributed by atoms with Gasteiger partial charge in [0.15, 0.2) is 0 Å². The number of hydrogen-bond donors (Lipinski definition) is 0. The van der Waals surface area contributed by atoms with E-state index in [-0.39, 0.29) is 0 Å². The second kappa shape index (κ2) is 5.00. The standard InChI is InChI=1S/C13H13IN2O/c1-3-10-6-12(5-4-11(10)8-17)16-7-9(2)13(14)15-16/h4-8H,3H2,1-2H3. The molecule has 0 amide bonds. The molecule has 0 radical (unpaired) electrons. The van der Waals surface area contributed by atoms with Gasteiger partial charge >= 0.3 is 0 Å². The highest BCUT2D eigenvalue weighted by Gasteiger charge is 2.06. The van der Waals surface area contributed by atoms with Crippen LogP contribution in [0.4, 0.5) is 0 Å². The summed E-state index contributed by atoms with van der Waals surface area (Å²) in [6.07, 6.45) is 3.75. The van der Waals surface area contributed by atoms with Crippen LogP contribution in [-0.4, -0.2) is 16.1 Å². The van der Waals surface area contributed by atoms with Crippen LogP contribution in [0.3, 0.4) is 0 Å². The molecule has 0 saturated carbocycles. The largest absolute Gasteiger partial charge is 0.298 e. The van der Waals surface area contributed by atoms with E-state index in [1.165, 1.54) is 0 Å². The van der Waals surface area contributed by atoms with Crippen molar-refractivity contribution in [2.45, 2.75) is 20.3 Å². The lowest BCUT2D eigenvalue weighted by molar-refractivity contribution is 0.112. The molecule has 88 valence electrons. The predicted octanol–water partition coefficient (Wildman–Crippen LogP) is 3.16. The van der Waals surface area contributed by atoms with Gasteiger partial charge in [-0.1, -0.05) is 6.92 Å². The number of carbonyl (C=O) groups is 1. The molecule has 1 aromatic heterocycles. The maximum atomic E-state index is 10.9. The summed E-state index contributed by atoms with van der Waals surface area (Å²) in [6.45, 7) is 4.08. The van der Waals surface area contributed by atoms with Crippen LogP contribution in [0.5, 0.6) is 0 Å². The molecule has 3 nitrogen and oxygen atoms in total. The zero-order valence-corrected chi connectivity index (χ0v) is 11.9. The van der Waals surface area contributed by atoms with Crippen LogP contribution in [0.15, 0.2) is 24.4 Å². The molecular formula is C13H13IN2O. The lowest BCUT2D eigenvalue weighted by Gasteiger charge is -2.06. The Morgan fingerprint density at radius 3 is 2.76 bits per heavy atom. The molecule has 2 aromatic rings. The van der Waals surface area contributed by atoms with E-state index in [0.29, 0.717) is 0 Å². The molecule has 0 saturated heterocycles. The van der Waals surface area contributed by atoms with Crippen LogP contribution in [0.2, 0.25) is 0 Å². The van der Waals surface area contributed by atoms with Gasteiger partial charge in [-0.3, -0.25) is 4.79 Å². The molecule has 1 heterocycles. The Morgan fingerprint density at radius 1 is 1.47 bits per heavy atom. The van der Waals surface area contributed by atoms with Crippen LogP contribution in [0, 0.1) is 10.6 Å². The molecule has 0 aliphatic rings. The van der Waals surface area contributed by atoms with Crippen molar-refractivity contribution in [3.63, 3.8) is 0 Å². The molecule has 0 fully saturated rings. The van der Waals surface area contributed by atoms with Gasteiger partial charge in [0.25, 0.3) is 0 Å². The molecule has 4 heteroatoms. The Labute approximate surface area is 114 Å². The first kappa shape index (κ1) is 12.3. The quantitative estimate of drug-likeness (QED) is 0.636. The molecule has 0 spiro atoms. The van der Waals surface area contributed by atoms with E-state index in [1.54, 1.807) is 0 Å². The number of aromatic nitrogens is 2. The third-order valence-corrected chi connectivity index (χ3v) is 3.80. The second-order valence-corrected chi connectivity index (χ2v) is 4.92. The summed E-state index contributed by atoms with van der Waals surface area (Å²) < 4.78 is 2.85. The zero-order chi connectivity index (χ0) is 12.4. The number of aldehydes is 1. The van der Waals surface area contributed by atoms with Gasteiger partial charge in [0.1, 0.15) is 9.99 Å². The van der Waals surface area contributed by atoms with Crippen LogP contribution in [-0.2, 0) is 6.42 Å². The van der Waals surface area contributed by atoms with E-state index in [9.17, 15) is 4.79 Å². The third-order valence-electron chi connectivity index (χ3n) is 2.74. The van der Waals surface area contributed by atoms with Gasteiger partial charge in [-0.25, -0.2) is 4.68 Å². The Bertz CT molecular complexity index is 541. The van der Waals surface area contributed by atoms with E-state index in [2.05, 4.69) is 27.7 Å². The summed E-state index contributed by atoms with van der Waals surface area (Å²) in [5, 5.41) is 4.43. The Kier molecular flexibility index (Phi) is 3.61. The van der Waals surface area contributed by atoms with Gasteiger partial charge < -0.3 is 0 Å². The van der Waals surface area contributed by atoms with Gasteiger partial charge in [-0.2, -0.15) is 5.10 Å². The minimum atomic E-state index is 0.759. The van der Waals surface area contributed by atoms with Crippen molar-refractivity contribution in [1.29, 1.82) is 0 Å². The van der Waals surface area contributed by atoms with Crippen LogP contribution < -0.4 is 0 Å². The topological polar surface area (TPSA) is 34.9 Å². The third kappa shape index (κ3) is 2.41. The maximum Gasteiger partial charge on any atom is 0.150 e. The molecule has 1 aromatic carbocycles. The molecule has 2 rings (SSSR count). The monoisotopic (exact) mass is 340 g/mol. The summed E-state index contributed by atoms with van der Waals surface area (Å²) in [4.78, 5) is 10.9. The number of rotatable bonds is 3. The van der Waals surface area contributed by atoms with Crippen molar-refractivity contribution in [2.24, 2.45) is 0 Å². The molecule has 0 bridgehead atoms. The minimum Gasteiger partial charge on any atom is -0.298 e. The first-order chi connectivity index (χ1) is 8.15. The van der Waals surface area contributed by atoms with E-state index in [4.69, 9.17) is 0 Å². The van der Waals surface area contributed by atoms with Crippen molar-refractivity contribution < 1.29 is 4.79 Å². The van der Waals surface area contributed by atoms with E-state index < -0.39 is 0 Å². The number of hydrogen-bond acceptors (Lipinski definition) is 2. The average Bonchev–Trinajstić information content (AvgIpc) is 2.68. The fourth-order valence-electron chi connectivity index (χ4n) is 1.73. The van der Waals surface area contributed by atoms with E-state index >= 15 is 0 Å². The number of nitrogens with zero attached hydrogens (tertiary/aromatic N) is 2. The zero-order valence-electron chi connectivity index (χ0n) is 9.77. The Balaban J connectivity index is 2.49. The van der Waals surface area contributed by atoms with Gasteiger partial charge in [-0.15, -0.1) is 0 Å². The second-order valence-electron chi connectivity index (χ2n) is 3.90. The molecule has 0 unspecified atom stereocenters. The lowest BCUT2D eigenvalue weighted by atomic mass is 10.1. The summed E-state index contributed by atoms with van der Waals surface area (Å²) in [5.74, 6) is 0. The van der Waals surface area contributed by atoms with Gasteiger partial charge in [0.2, 0.25) is 0 Å². The lowest BCUT2D eigenvalue weighted by Crippen LogP contribution is -1.98. The fraction of sp³-hybridized carbons (Fsp3) is 0.231. The number of carbonyl (C=O) groups excluding carboxylic acids is 1. The van der Waals surface area contributed by atoms with Crippen molar-refractivity contribution in [3.05, 3.63) is 44.8 Å². The highest BCUT2D eigenvalue weighted by molar-refractivity contribution is 14.1. The van der Waals surface area contributed by atoms with Crippen molar-refractivity contribution in [3.8, 4) is 5.69 Å². The SMILES string of the molecule is CCc1cc(-n2cc(C)c(I)n2)ccc1C=O. The molecule has 17 heavy (non-hydrogen) atoms. The van der Waals surface area contributed by atoms with Crippen LogP contribution >= 0.6 is 22.6 Å². The van der Waals surface area contributed by atoms with Gasteiger partial charge in [0, 0.05) is 17.3 Å². The molecule has 0 aliphatic carbocycles. The van der Waals surface area contributed by atoms with Crippen LogP contribution in [0.1, 0.15) is 28.4 Å². The Hall–Kier alpha value is -1.17. The predicted molar refractivity (Wildman–Crippen MR) is 75.8 cm³/mol. The van der Waals surface area contributed by atoms with Crippen LogP contribution in [0.25, 0.3) is 5.69 Å².